The van der Waals surface area contributed by atoms with Gasteiger partial charge in [-0.25, -0.2) is 4.39 Å². The van der Waals surface area contributed by atoms with E-state index in [4.69, 9.17) is 11.6 Å². The summed E-state index contributed by atoms with van der Waals surface area (Å²) in [6, 6.07) is 11.0. The van der Waals surface area contributed by atoms with Gasteiger partial charge in [-0.05, 0) is 60.8 Å². The Kier molecular flexibility index (Phi) is 5.80. The average Bonchev–Trinajstić information content (AvgIpc) is 2.44. The molecule has 0 aliphatic heterocycles. The van der Waals surface area contributed by atoms with E-state index in [1.807, 2.05) is 6.07 Å². The molecule has 0 aliphatic carbocycles. The highest BCUT2D eigenvalue weighted by molar-refractivity contribution is 9.10. The maximum atomic E-state index is 13.2. The summed E-state index contributed by atoms with van der Waals surface area (Å²) in [6.45, 7) is 5.03. The third-order valence-electron chi connectivity index (χ3n) is 3.51. The van der Waals surface area contributed by atoms with Crippen LogP contribution >= 0.6 is 27.5 Å². The summed E-state index contributed by atoms with van der Waals surface area (Å²) in [6.07, 6.45) is 0.726. The van der Waals surface area contributed by atoms with Gasteiger partial charge >= 0.3 is 0 Å². The second-order valence-electron chi connectivity index (χ2n) is 5.05. The van der Waals surface area contributed by atoms with Gasteiger partial charge < -0.3 is 5.32 Å². The number of rotatable bonds is 5. The molecule has 0 spiro atoms. The van der Waals surface area contributed by atoms with E-state index in [-0.39, 0.29) is 11.9 Å². The first kappa shape index (κ1) is 16.5. The third kappa shape index (κ3) is 4.29. The van der Waals surface area contributed by atoms with E-state index < -0.39 is 0 Å². The first-order valence-electron chi connectivity index (χ1n) is 6.94. The summed E-state index contributed by atoms with van der Waals surface area (Å²) >= 11 is 9.68. The predicted octanol–water partition coefficient (Wildman–Crippen LogP) is 5.44. The number of aryl methyl sites for hydroxylation is 1. The van der Waals surface area contributed by atoms with Gasteiger partial charge in [0.1, 0.15) is 5.82 Å². The summed E-state index contributed by atoms with van der Waals surface area (Å²) in [4.78, 5) is 0. The Bertz CT molecular complexity index is 630. The van der Waals surface area contributed by atoms with Gasteiger partial charge in [0, 0.05) is 15.5 Å². The van der Waals surface area contributed by atoms with Crippen LogP contribution in [-0.2, 0) is 6.42 Å². The fourth-order valence-corrected chi connectivity index (χ4v) is 3.06. The zero-order valence-corrected chi connectivity index (χ0v) is 14.4. The molecule has 2 rings (SSSR count). The molecule has 2 aromatic carbocycles. The molecule has 0 amide bonds. The van der Waals surface area contributed by atoms with Crippen molar-refractivity contribution in [1.82, 2.24) is 5.32 Å². The van der Waals surface area contributed by atoms with Crippen LogP contribution in [0.15, 0.2) is 40.9 Å². The minimum absolute atomic E-state index is 0.149. The van der Waals surface area contributed by atoms with Crippen LogP contribution in [0.5, 0.6) is 0 Å². The van der Waals surface area contributed by atoms with Crippen molar-refractivity contribution in [2.24, 2.45) is 0 Å². The molecule has 0 heterocycles. The molecular formula is C17H18BrClFN. The van der Waals surface area contributed by atoms with Crippen LogP contribution in [0.4, 0.5) is 4.39 Å². The highest BCUT2D eigenvalue weighted by Gasteiger charge is 2.16. The SMILES string of the molecule is CCNC(Cc1ccc(F)cc1Cl)c1cc(Br)ccc1C. The minimum atomic E-state index is -0.303. The van der Waals surface area contributed by atoms with Crippen molar-refractivity contribution in [3.8, 4) is 0 Å². The largest absolute Gasteiger partial charge is 0.310 e. The number of benzene rings is 2. The molecule has 0 bridgehead atoms. The summed E-state index contributed by atoms with van der Waals surface area (Å²) in [5, 5.41) is 3.96. The van der Waals surface area contributed by atoms with Crippen molar-refractivity contribution in [3.05, 3.63) is 68.4 Å². The molecule has 1 atom stereocenters. The molecule has 2 aromatic rings. The lowest BCUT2D eigenvalue weighted by Gasteiger charge is -2.21. The lowest BCUT2D eigenvalue weighted by molar-refractivity contribution is 0.546. The molecule has 0 radical (unpaired) electrons. The Morgan fingerprint density at radius 3 is 2.67 bits per heavy atom. The fourth-order valence-electron chi connectivity index (χ4n) is 2.43. The molecule has 0 fully saturated rings. The summed E-state index contributed by atoms with van der Waals surface area (Å²) in [5.74, 6) is -0.303. The van der Waals surface area contributed by atoms with Crippen molar-refractivity contribution in [1.29, 1.82) is 0 Å². The van der Waals surface area contributed by atoms with Crippen LogP contribution in [0.1, 0.15) is 29.7 Å². The van der Waals surface area contributed by atoms with E-state index in [1.165, 1.54) is 23.3 Å². The van der Waals surface area contributed by atoms with E-state index in [2.05, 4.69) is 47.2 Å². The van der Waals surface area contributed by atoms with Crippen LogP contribution in [0.25, 0.3) is 0 Å². The van der Waals surface area contributed by atoms with Gasteiger partial charge in [-0.3, -0.25) is 0 Å². The van der Waals surface area contributed by atoms with Gasteiger partial charge in [0.05, 0.1) is 0 Å². The molecule has 0 saturated carbocycles. The topological polar surface area (TPSA) is 12.0 Å². The predicted molar refractivity (Wildman–Crippen MR) is 90.4 cm³/mol. The van der Waals surface area contributed by atoms with Crippen LogP contribution in [0.2, 0.25) is 5.02 Å². The van der Waals surface area contributed by atoms with Crippen molar-refractivity contribution in [3.63, 3.8) is 0 Å². The lowest BCUT2D eigenvalue weighted by atomic mass is 9.95. The smallest absolute Gasteiger partial charge is 0.124 e. The molecule has 1 nitrogen and oxygen atoms in total. The van der Waals surface area contributed by atoms with E-state index in [9.17, 15) is 4.39 Å². The average molecular weight is 371 g/mol. The highest BCUT2D eigenvalue weighted by atomic mass is 79.9. The zero-order valence-electron chi connectivity index (χ0n) is 12.1. The molecule has 1 N–H and O–H groups in total. The van der Waals surface area contributed by atoms with Crippen LogP contribution in [0.3, 0.4) is 0 Å². The number of likely N-dealkylation sites (N-methyl/N-ethyl adjacent to an activating group) is 1. The maximum absolute atomic E-state index is 13.2. The van der Waals surface area contributed by atoms with Crippen LogP contribution in [0, 0.1) is 12.7 Å². The highest BCUT2D eigenvalue weighted by Crippen LogP contribution is 2.28. The zero-order chi connectivity index (χ0) is 15.4. The number of nitrogens with one attached hydrogen (secondary N) is 1. The monoisotopic (exact) mass is 369 g/mol. The Labute approximate surface area is 138 Å². The van der Waals surface area contributed by atoms with Crippen LogP contribution in [-0.4, -0.2) is 6.54 Å². The Morgan fingerprint density at radius 2 is 2.00 bits per heavy atom. The number of halogens is 3. The molecular weight excluding hydrogens is 353 g/mol. The molecule has 1 unspecified atom stereocenters. The molecule has 0 aliphatic rings. The van der Waals surface area contributed by atoms with Crippen molar-refractivity contribution in [2.45, 2.75) is 26.3 Å². The minimum Gasteiger partial charge on any atom is -0.310 e. The number of hydrogen-bond donors (Lipinski definition) is 1. The Morgan fingerprint density at radius 1 is 1.24 bits per heavy atom. The first-order valence-corrected chi connectivity index (χ1v) is 8.11. The molecule has 112 valence electrons. The van der Waals surface area contributed by atoms with Crippen molar-refractivity contribution in [2.75, 3.05) is 6.54 Å². The first-order chi connectivity index (χ1) is 10.0. The normalized spacial score (nSPS) is 12.4. The summed E-state index contributed by atoms with van der Waals surface area (Å²) < 4.78 is 14.2. The number of hydrogen-bond acceptors (Lipinski definition) is 1. The lowest BCUT2D eigenvalue weighted by Crippen LogP contribution is -2.24. The molecule has 0 saturated heterocycles. The summed E-state index contributed by atoms with van der Waals surface area (Å²) in [5.41, 5.74) is 3.40. The second-order valence-corrected chi connectivity index (χ2v) is 6.37. The van der Waals surface area contributed by atoms with Gasteiger partial charge in [0.25, 0.3) is 0 Å². The van der Waals surface area contributed by atoms with Gasteiger partial charge in [-0.15, -0.1) is 0 Å². The van der Waals surface area contributed by atoms with Crippen molar-refractivity contribution >= 4 is 27.5 Å². The van der Waals surface area contributed by atoms with E-state index in [0.717, 1.165) is 23.0 Å². The van der Waals surface area contributed by atoms with Gasteiger partial charge in [0.2, 0.25) is 0 Å². The van der Waals surface area contributed by atoms with E-state index >= 15 is 0 Å². The Balaban J connectivity index is 2.32. The quantitative estimate of drug-likeness (QED) is 0.738. The molecule has 21 heavy (non-hydrogen) atoms. The standard InChI is InChI=1S/C17H18BrClFN/c1-3-21-17(15-9-13(18)6-4-11(15)2)8-12-5-7-14(20)10-16(12)19/h4-7,9-10,17,21H,3,8H2,1-2H3. The van der Waals surface area contributed by atoms with E-state index in [0.29, 0.717) is 5.02 Å². The van der Waals surface area contributed by atoms with Crippen LogP contribution < -0.4 is 5.32 Å². The fraction of sp³-hybridized carbons (Fsp3) is 0.294. The molecule has 4 heteroatoms. The van der Waals surface area contributed by atoms with Gasteiger partial charge in [0.15, 0.2) is 0 Å². The third-order valence-corrected chi connectivity index (χ3v) is 4.35. The maximum Gasteiger partial charge on any atom is 0.124 e. The van der Waals surface area contributed by atoms with Gasteiger partial charge in [-0.1, -0.05) is 46.6 Å². The summed E-state index contributed by atoms with van der Waals surface area (Å²) in [7, 11) is 0. The van der Waals surface area contributed by atoms with Crippen molar-refractivity contribution < 1.29 is 4.39 Å². The van der Waals surface area contributed by atoms with Gasteiger partial charge in [-0.2, -0.15) is 0 Å². The second kappa shape index (κ2) is 7.39. The van der Waals surface area contributed by atoms with E-state index in [1.54, 1.807) is 6.07 Å². The Hall–Kier alpha value is -0.900. The molecule has 0 aromatic heterocycles.